The van der Waals surface area contributed by atoms with Gasteiger partial charge in [-0.25, -0.2) is 0 Å². The molecular formula is C11H19N7. The number of aromatic nitrogens is 5. The van der Waals surface area contributed by atoms with Crippen LogP contribution in [0.5, 0.6) is 0 Å². The predicted molar refractivity (Wildman–Crippen MR) is 67.5 cm³/mol. The Hall–Kier alpha value is -1.73. The lowest BCUT2D eigenvalue weighted by molar-refractivity contribution is 0.539. The lowest BCUT2D eigenvalue weighted by Crippen LogP contribution is -2.30. The molecule has 0 bridgehead atoms. The molecule has 3 N–H and O–H groups in total. The van der Waals surface area contributed by atoms with Crippen LogP contribution < -0.4 is 11.3 Å². The maximum absolute atomic E-state index is 5.66. The van der Waals surface area contributed by atoms with E-state index in [0.29, 0.717) is 6.42 Å². The number of hydrazine groups is 1. The second-order valence-electron chi connectivity index (χ2n) is 4.52. The second kappa shape index (κ2) is 4.87. The first-order valence-corrected chi connectivity index (χ1v) is 5.84. The minimum absolute atomic E-state index is 0.00426. The number of aryl methyl sites for hydroxylation is 3. The summed E-state index contributed by atoms with van der Waals surface area (Å²) in [5.74, 6) is 5.66. The van der Waals surface area contributed by atoms with E-state index in [4.69, 9.17) is 5.84 Å². The summed E-state index contributed by atoms with van der Waals surface area (Å²) >= 11 is 0. The molecule has 1 atom stereocenters. The van der Waals surface area contributed by atoms with Gasteiger partial charge in [0.1, 0.15) is 0 Å². The Kier molecular flexibility index (Phi) is 3.44. The monoisotopic (exact) mass is 249 g/mol. The number of nitrogens with one attached hydrogen (secondary N) is 1. The maximum Gasteiger partial charge on any atom is 0.0846 e. The van der Waals surface area contributed by atoms with Crippen LogP contribution in [0.1, 0.15) is 28.7 Å². The fourth-order valence-corrected chi connectivity index (χ4v) is 2.24. The Morgan fingerprint density at radius 1 is 1.39 bits per heavy atom. The van der Waals surface area contributed by atoms with Crippen LogP contribution in [-0.2, 0) is 20.5 Å². The van der Waals surface area contributed by atoms with Gasteiger partial charge < -0.3 is 0 Å². The van der Waals surface area contributed by atoms with Gasteiger partial charge in [-0.15, -0.1) is 5.10 Å². The molecule has 0 saturated heterocycles. The molecule has 1 unspecified atom stereocenters. The summed E-state index contributed by atoms with van der Waals surface area (Å²) in [5, 5.41) is 12.4. The third-order valence-corrected chi connectivity index (χ3v) is 3.18. The van der Waals surface area contributed by atoms with Crippen LogP contribution >= 0.6 is 0 Å². The highest BCUT2D eigenvalue weighted by atomic mass is 15.4. The van der Waals surface area contributed by atoms with Crippen LogP contribution in [-0.4, -0.2) is 24.8 Å². The second-order valence-corrected chi connectivity index (χ2v) is 4.52. The molecule has 0 saturated carbocycles. The highest BCUT2D eigenvalue weighted by molar-refractivity contribution is 5.29. The number of nitrogens with two attached hydrogens (primary N) is 1. The topological polar surface area (TPSA) is 86.6 Å². The summed E-state index contributed by atoms with van der Waals surface area (Å²) < 4.78 is 3.55. The van der Waals surface area contributed by atoms with Gasteiger partial charge in [-0.1, -0.05) is 5.21 Å². The molecule has 0 fully saturated rings. The largest absolute Gasteiger partial charge is 0.272 e. The van der Waals surface area contributed by atoms with Crippen molar-refractivity contribution in [1.82, 2.24) is 30.2 Å². The van der Waals surface area contributed by atoms with E-state index in [1.807, 2.05) is 38.8 Å². The van der Waals surface area contributed by atoms with Gasteiger partial charge >= 0.3 is 0 Å². The first kappa shape index (κ1) is 12.7. The zero-order chi connectivity index (χ0) is 13.3. The van der Waals surface area contributed by atoms with Gasteiger partial charge in [0.15, 0.2) is 0 Å². The van der Waals surface area contributed by atoms with Crippen molar-refractivity contribution < 1.29 is 0 Å². The molecule has 98 valence electrons. The molecule has 2 rings (SSSR count). The van der Waals surface area contributed by atoms with Crippen molar-refractivity contribution in [1.29, 1.82) is 0 Å². The Morgan fingerprint density at radius 2 is 2.11 bits per heavy atom. The van der Waals surface area contributed by atoms with Crippen molar-refractivity contribution in [3.63, 3.8) is 0 Å². The molecule has 2 aromatic rings. The highest BCUT2D eigenvalue weighted by Crippen LogP contribution is 2.23. The first-order chi connectivity index (χ1) is 8.52. The van der Waals surface area contributed by atoms with Crippen molar-refractivity contribution in [3.05, 3.63) is 28.8 Å². The summed E-state index contributed by atoms with van der Waals surface area (Å²) in [4.78, 5) is 0. The van der Waals surface area contributed by atoms with E-state index in [1.54, 1.807) is 4.68 Å². The van der Waals surface area contributed by atoms with Crippen LogP contribution in [0, 0.1) is 13.8 Å². The van der Waals surface area contributed by atoms with Crippen LogP contribution in [0.15, 0.2) is 6.20 Å². The molecule has 0 amide bonds. The van der Waals surface area contributed by atoms with Crippen LogP contribution in [0.3, 0.4) is 0 Å². The van der Waals surface area contributed by atoms with Crippen LogP contribution in [0.4, 0.5) is 0 Å². The summed E-state index contributed by atoms with van der Waals surface area (Å²) in [6.45, 7) is 4.03. The Bertz CT molecular complexity index is 540. The van der Waals surface area contributed by atoms with E-state index >= 15 is 0 Å². The van der Waals surface area contributed by atoms with Gasteiger partial charge in [-0.2, -0.15) is 5.10 Å². The minimum Gasteiger partial charge on any atom is -0.272 e. The fraction of sp³-hybridized carbons (Fsp3) is 0.545. The quantitative estimate of drug-likeness (QED) is 0.584. The highest BCUT2D eigenvalue weighted by Gasteiger charge is 2.20. The standard InChI is InChI=1S/C11H19N7/c1-7-11(8(2)18(4)15-7)10(13-12)5-9-6-17(3)16-14-9/h6,10,13H,5,12H2,1-4H3. The molecule has 7 nitrogen and oxygen atoms in total. The molecule has 2 heterocycles. The van der Waals surface area contributed by atoms with Crippen molar-refractivity contribution in [3.8, 4) is 0 Å². The molecule has 0 aliphatic rings. The smallest absolute Gasteiger partial charge is 0.0846 e. The molecule has 0 aliphatic heterocycles. The molecule has 2 aromatic heterocycles. The van der Waals surface area contributed by atoms with Crippen molar-refractivity contribution in [2.24, 2.45) is 19.9 Å². The van der Waals surface area contributed by atoms with Gasteiger partial charge in [0.2, 0.25) is 0 Å². The molecule has 0 radical (unpaired) electrons. The van der Waals surface area contributed by atoms with E-state index in [0.717, 1.165) is 22.6 Å². The lowest BCUT2D eigenvalue weighted by atomic mass is 10.0. The molecule has 0 spiro atoms. The molecule has 0 aromatic carbocycles. The van der Waals surface area contributed by atoms with Gasteiger partial charge in [-0.3, -0.25) is 20.6 Å². The molecule has 7 heteroatoms. The molecule has 0 aliphatic carbocycles. The SMILES string of the molecule is Cc1nn(C)c(C)c1C(Cc1cn(C)nn1)NN. The minimum atomic E-state index is -0.00426. The van der Waals surface area contributed by atoms with Crippen LogP contribution in [0.25, 0.3) is 0 Å². The molecule has 18 heavy (non-hydrogen) atoms. The molecular weight excluding hydrogens is 230 g/mol. The van der Waals surface area contributed by atoms with Crippen molar-refractivity contribution >= 4 is 0 Å². The van der Waals surface area contributed by atoms with Crippen LogP contribution in [0.2, 0.25) is 0 Å². The van der Waals surface area contributed by atoms with Gasteiger partial charge in [0.25, 0.3) is 0 Å². The van der Waals surface area contributed by atoms with E-state index in [1.165, 1.54) is 0 Å². The first-order valence-electron chi connectivity index (χ1n) is 5.84. The maximum atomic E-state index is 5.66. The van der Waals surface area contributed by atoms with E-state index in [9.17, 15) is 0 Å². The Labute approximate surface area is 106 Å². The average molecular weight is 249 g/mol. The van der Waals surface area contributed by atoms with Gasteiger partial charge in [-0.05, 0) is 13.8 Å². The van der Waals surface area contributed by atoms with Gasteiger partial charge in [0, 0.05) is 38.0 Å². The number of hydrogen-bond donors (Lipinski definition) is 2. The predicted octanol–water partition coefficient (Wildman–Crippen LogP) is -0.0875. The van der Waals surface area contributed by atoms with E-state index in [-0.39, 0.29) is 6.04 Å². The Morgan fingerprint density at radius 3 is 2.56 bits per heavy atom. The van der Waals surface area contributed by atoms with E-state index < -0.39 is 0 Å². The number of nitrogens with zero attached hydrogens (tertiary/aromatic N) is 5. The number of hydrogen-bond acceptors (Lipinski definition) is 5. The van der Waals surface area contributed by atoms with Crippen molar-refractivity contribution in [2.75, 3.05) is 0 Å². The summed E-state index contributed by atoms with van der Waals surface area (Å²) in [7, 11) is 3.78. The Balaban J connectivity index is 2.28. The van der Waals surface area contributed by atoms with Gasteiger partial charge in [0.05, 0.1) is 17.4 Å². The lowest BCUT2D eigenvalue weighted by Gasteiger charge is -2.15. The third-order valence-electron chi connectivity index (χ3n) is 3.18. The zero-order valence-corrected chi connectivity index (χ0v) is 11.2. The third kappa shape index (κ3) is 2.27. The summed E-state index contributed by atoms with van der Waals surface area (Å²) in [6.07, 6.45) is 2.59. The zero-order valence-electron chi connectivity index (χ0n) is 11.2. The normalized spacial score (nSPS) is 12.9. The number of rotatable bonds is 4. The van der Waals surface area contributed by atoms with E-state index in [2.05, 4.69) is 20.8 Å². The van der Waals surface area contributed by atoms with Crippen molar-refractivity contribution in [2.45, 2.75) is 26.3 Å². The fourth-order valence-electron chi connectivity index (χ4n) is 2.24. The average Bonchev–Trinajstić information content (AvgIpc) is 2.82. The summed E-state index contributed by atoms with van der Waals surface area (Å²) in [6, 6.07) is -0.00426. The summed E-state index contributed by atoms with van der Waals surface area (Å²) in [5.41, 5.74) is 6.97.